The highest BCUT2D eigenvalue weighted by molar-refractivity contribution is 9.10. The molecule has 1 N–H and O–H groups in total. The third-order valence-electron chi connectivity index (χ3n) is 3.18. The lowest BCUT2D eigenvalue weighted by Gasteiger charge is -2.15. The number of rotatable bonds is 7. The molecule has 0 aromatic heterocycles. The van der Waals surface area contributed by atoms with Crippen LogP contribution in [-0.4, -0.2) is 25.2 Å². The number of hydrogen-bond donors (Lipinski definition) is 1. The lowest BCUT2D eigenvalue weighted by Crippen LogP contribution is -2.39. The van der Waals surface area contributed by atoms with Crippen molar-refractivity contribution in [1.29, 1.82) is 0 Å². The van der Waals surface area contributed by atoms with E-state index in [1.165, 1.54) is 5.56 Å². The second-order valence-corrected chi connectivity index (χ2v) is 6.75. The van der Waals surface area contributed by atoms with Crippen LogP contribution in [0.2, 0.25) is 5.02 Å². The fraction of sp³-hybridized carbons (Fsp3) is 0.278. The molecule has 0 aliphatic carbocycles. The average Bonchev–Trinajstić information content (AvgIpc) is 2.53. The Kier molecular flexibility index (Phi) is 6.94. The summed E-state index contributed by atoms with van der Waals surface area (Å²) in [6.45, 7) is 4.21. The maximum atomic E-state index is 11.9. The number of halogens is 2. The van der Waals surface area contributed by atoms with Gasteiger partial charge in [0.25, 0.3) is 5.91 Å². The number of hydrogen-bond acceptors (Lipinski definition) is 3. The maximum Gasteiger partial charge on any atom is 0.258 e. The van der Waals surface area contributed by atoms with E-state index in [0.717, 1.165) is 5.75 Å². The Morgan fingerprint density at radius 2 is 1.92 bits per heavy atom. The molecule has 0 heterocycles. The van der Waals surface area contributed by atoms with Gasteiger partial charge < -0.3 is 14.8 Å². The SMILES string of the molecule is Cc1ccc(OCC(C)NC(=O)COc2ccc(Cl)cc2Br)cc1. The zero-order valence-corrected chi connectivity index (χ0v) is 15.9. The summed E-state index contributed by atoms with van der Waals surface area (Å²) in [5, 5.41) is 3.43. The molecule has 0 aliphatic heterocycles. The second-order valence-electron chi connectivity index (χ2n) is 5.46. The molecule has 2 rings (SSSR count). The number of ether oxygens (including phenoxy) is 2. The zero-order chi connectivity index (χ0) is 17.5. The van der Waals surface area contributed by atoms with Gasteiger partial charge in [-0.1, -0.05) is 29.3 Å². The molecule has 0 spiro atoms. The van der Waals surface area contributed by atoms with Crippen molar-refractivity contribution < 1.29 is 14.3 Å². The standard InChI is InChI=1S/C18H19BrClNO3/c1-12-3-6-15(7-4-12)23-10-13(2)21-18(22)11-24-17-8-5-14(20)9-16(17)19/h3-9,13H,10-11H2,1-2H3,(H,21,22). The molecule has 24 heavy (non-hydrogen) atoms. The van der Waals surface area contributed by atoms with Crippen LogP contribution in [-0.2, 0) is 4.79 Å². The number of nitrogens with one attached hydrogen (secondary N) is 1. The highest BCUT2D eigenvalue weighted by Crippen LogP contribution is 2.27. The van der Waals surface area contributed by atoms with Gasteiger partial charge in [-0.25, -0.2) is 0 Å². The molecule has 0 bridgehead atoms. The lowest BCUT2D eigenvalue weighted by atomic mass is 10.2. The van der Waals surface area contributed by atoms with Gasteiger partial charge in [0.2, 0.25) is 0 Å². The first-order valence-corrected chi connectivity index (χ1v) is 8.68. The van der Waals surface area contributed by atoms with Crippen LogP contribution >= 0.6 is 27.5 Å². The fourth-order valence-corrected chi connectivity index (χ4v) is 2.75. The maximum absolute atomic E-state index is 11.9. The normalized spacial score (nSPS) is 11.7. The molecule has 4 nitrogen and oxygen atoms in total. The van der Waals surface area contributed by atoms with Crippen LogP contribution in [0.5, 0.6) is 11.5 Å². The summed E-state index contributed by atoms with van der Waals surface area (Å²) in [6.07, 6.45) is 0. The summed E-state index contributed by atoms with van der Waals surface area (Å²) in [5.74, 6) is 1.14. The van der Waals surface area contributed by atoms with Crippen LogP contribution in [0.25, 0.3) is 0 Å². The van der Waals surface area contributed by atoms with Crippen LogP contribution in [0.15, 0.2) is 46.9 Å². The highest BCUT2D eigenvalue weighted by atomic mass is 79.9. The van der Waals surface area contributed by atoms with Crippen molar-refractivity contribution in [3.05, 3.63) is 57.5 Å². The Morgan fingerprint density at radius 1 is 1.21 bits per heavy atom. The predicted molar refractivity (Wildman–Crippen MR) is 98.9 cm³/mol. The van der Waals surface area contributed by atoms with Crippen molar-refractivity contribution in [2.75, 3.05) is 13.2 Å². The first-order valence-electron chi connectivity index (χ1n) is 7.50. The van der Waals surface area contributed by atoms with Crippen LogP contribution in [0, 0.1) is 6.92 Å². The molecule has 6 heteroatoms. The summed E-state index contributed by atoms with van der Waals surface area (Å²) in [4.78, 5) is 11.9. The highest BCUT2D eigenvalue weighted by Gasteiger charge is 2.10. The minimum atomic E-state index is -0.211. The average molecular weight is 413 g/mol. The zero-order valence-electron chi connectivity index (χ0n) is 13.5. The van der Waals surface area contributed by atoms with Gasteiger partial charge in [-0.2, -0.15) is 0 Å². The number of benzene rings is 2. The van der Waals surface area contributed by atoms with E-state index in [0.29, 0.717) is 21.9 Å². The molecule has 0 aliphatic rings. The van der Waals surface area contributed by atoms with Gasteiger partial charge in [-0.3, -0.25) is 4.79 Å². The summed E-state index contributed by atoms with van der Waals surface area (Å²) in [6, 6.07) is 12.8. The number of amides is 1. The number of aryl methyl sites for hydroxylation is 1. The van der Waals surface area contributed by atoms with E-state index in [9.17, 15) is 4.79 Å². The summed E-state index contributed by atoms with van der Waals surface area (Å²) < 4.78 is 11.8. The topological polar surface area (TPSA) is 47.6 Å². The Hall–Kier alpha value is -1.72. The molecule has 128 valence electrons. The van der Waals surface area contributed by atoms with E-state index in [4.69, 9.17) is 21.1 Å². The second kappa shape index (κ2) is 8.94. The molecule has 1 amide bonds. The van der Waals surface area contributed by atoms with E-state index in [1.54, 1.807) is 18.2 Å². The van der Waals surface area contributed by atoms with Gasteiger partial charge in [0.15, 0.2) is 6.61 Å². The molecule has 2 aromatic rings. The molecule has 1 atom stereocenters. The van der Waals surface area contributed by atoms with Gasteiger partial charge >= 0.3 is 0 Å². The largest absolute Gasteiger partial charge is 0.491 e. The summed E-state index contributed by atoms with van der Waals surface area (Å²) >= 11 is 9.21. The van der Waals surface area contributed by atoms with Gasteiger partial charge in [0.05, 0.1) is 10.5 Å². The fourth-order valence-electron chi connectivity index (χ4n) is 1.95. The van der Waals surface area contributed by atoms with E-state index < -0.39 is 0 Å². The number of carbonyl (C=O) groups excluding carboxylic acids is 1. The molecule has 0 saturated heterocycles. The lowest BCUT2D eigenvalue weighted by molar-refractivity contribution is -0.123. The number of carbonyl (C=O) groups is 1. The molecule has 0 saturated carbocycles. The Morgan fingerprint density at radius 3 is 2.58 bits per heavy atom. The van der Waals surface area contributed by atoms with Crippen molar-refractivity contribution in [3.8, 4) is 11.5 Å². The van der Waals surface area contributed by atoms with Crippen molar-refractivity contribution >= 4 is 33.4 Å². The minimum absolute atomic E-state index is 0.0743. The van der Waals surface area contributed by atoms with Crippen molar-refractivity contribution in [1.82, 2.24) is 5.32 Å². The van der Waals surface area contributed by atoms with E-state index >= 15 is 0 Å². The first-order chi connectivity index (χ1) is 11.4. The van der Waals surface area contributed by atoms with Gasteiger partial charge in [-0.05, 0) is 60.1 Å². The Bertz CT molecular complexity index is 691. The van der Waals surface area contributed by atoms with Gasteiger partial charge in [-0.15, -0.1) is 0 Å². The Labute approximate surface area is 155 Å². The molecular weight excluding hydrogens is 394 g/mol. The summed E-state index contributed by atoms with van der Waals surface area (Å²) in [7, 11) is 0. The van der Waals surface area contributed by atoms with Crippen LogP contribution in [0.1, 0.15) is 12.5 Å². The van der Waals surface area contributed by atoms with E-state index in [-0.39, 0.29) is 18.6 Å². The quantitative estimate of drug-likeness (QED) is 0.734. The van der Waals surface area contributed by atoms with Crippen molar-refractivity contribution in [3.63, 3.8) is 0 Å². The van der Waals surface area contributed by atoms with Crippen molar-refractivity contribution in [2.45, 2.75) is 19.9 Å². The van der Waals surface area contributed by atoms with Crippen molar-refractivity contribution in [2.24, 2.45) is 0 Å². The minimum Gasteiger partial charge on any atom is -0.491 e. The van der Waals surface area contributed by atoms with Gasteiger partial charge in [0.1, 0.15) is 18.1 Å². The molecule has 2 aromatic carbocycles. The van der Waals surface area contributed by atoms with Gasteiger partial charge in [0, 0.05) is 5.02 Å². The van der Waals surface area contributed by atoms with Crippen LogP contribution < -0.4 is 14.8 Å². The van der Waals surface area contributed by atoms with E-state index in [2.05, 4.69) is 21.2 Å². The summed E-state index contributed by atoms with van der Waals surface area (Å²) in [5.41, 5.74) is 1.18. The molecular formula is C18H19BrClNO3. The smallest absolute Gasteiger partial charge is 0.258 e. The monoisotopic (exact) mass is 411 g/mol. The molecule has 0 radical (unpaired) electrons. The first kappa shape index (κ1) is 18.6. The van der Waals surface area contributed by atoms with Crippen LogP contribution in [0.3, 0.4) is 0 Å². The molecule has 1 unspecified atom stereocenters. The predicted octanol–water partition coefficient (Wildman–Crippen LogP) is 4.37. The third-order valence-corrected chi connectivity index (χ3v) is 4.04. The van der Waals surface area contributed by atoms with Crippen LogP contribution in [0.4, 0.5) is 0 Å². The molecule has 0 fully saturated rings. The Balaban J connectivity index is 1.74. The van der Waals surface area contributed by atoms with E-state index in [1.807, 2.05) is 38.1 Å². The third kappa shape index (κ3) is 6.06.